The SMILES string of the molecule is Clc1ccc(Nc2cc(NCc3ccncc3)ncn2)cc1Cl. The average molecular weight is 346 g/mol. The van der Waals surface area contributed by atoms with Crippen LogP contribution >= 0.6 is 23.2 Å². The van der Waals surface area contributed by atoms with Crippen molar-refractivity contribution >= 4 is 40.5 Å². The summed E-state index contributed by atoms with van der Waals surface area (Å²) in [5.41, 5.74) is 1.93. The van der Waals surface area contributed by atoms with E-state index in [1.807, 2.05) is 24.3 Å². The van der Waals surface area contributed by atoms with Crippen LogP contribution < -0.4 is 10.6 Å². The second-order valence-electron chi connectivity index (χ2n) is 4.75. The van der Waals surface area contributed by atoms with Crippen LogP contribution in [0.15, 0.2) is 55.1 Å². The van der Waals surface area contributed by atoms with Crippen molar-refractivity contribution in [3.8, 4) is 0 Å². The lowest BCUT2D eigenvalue weighted by Gasteiger charge is -2.09. The molecule has 0 saturated heterocycles. The van der Waals surface area contributed by atoms with E-state index in [4.69, 9.17) is 23.2 Å². The molecule has 3 rings (SSSR count). The summed E-state index contributed by atoms with van der Waals surface area (Å²) in [7, 11) is 0. The second-order valence-corrected chi connectivity index (χ2v) is 5.57. The molecule has 0 radical (unpaired) electrons. The largest absolute Gasteiger partial charge is 0.366 e. The summed E-state index contributed by atoms with van der Waals surface area (Å²) >= 11 is 11.9. The van der Waals surface area contributed by atoms with Gasteiger partial charge in [0.25, 0.3) is 0 Å². The van der Waals surface area contributed by atoms with Crippen LogP contribution in [-0.4, -0.2) is 15.0 Å². The molecule has 116 valence electrons. The maximum absolute atomic E-state index is 6.01. The Morgan fingerprint density at radius 3 is 2.43 bits per heavy atom. The molecule has 0 amide bonds. The van der Waals surface area contributed by atoms with Crippen molar-refractivity contribution in [1.29, 1.82) is 0 Å². The maximum atomic E-state index is 6.01. The van der Waals surface area contributed by atoms with Gasteiger partial charge in [-0.2, -0.15) is 0 Å². The zero-order valence-corrected chi connectivity index (χ0v) is 13.5. The van der Waals surface area contributed by atoms with E-state index in [1.165, 1.54) is 6.33 Å². The fourth-order valence-electron chi connectivity index (χ4n) is 1.94. The number of benzene rings is 1. The number of halogens is 2. The number of hydrogen-bond acceptors (Lipinski definition) is 5. The third-order valence-electron chi connectivity index (χ3n) is 3.08. The molecule has 0 saturated carbocycles. The molecule has 0 aliphatic carbocycles. The standard InChI is InChI=1S/C16H13Cl2N5/c17-13-2-1-12(7-14(13)18)23-16-8-15(21-10-22-16)20-9-11-3-5-19-6-4-11/h1-8,10H,9H2,(H2,20,21,22,23). The Kier molecular flexibility index (Phi) is 4.90. The smallest absolute Gasteiger partial charge is 0.135 e. The van der Waals surface area contributed by atoms with Crippen molar-refractivity contribution in [1.82, 2.24) is 15.0 Å². The van der Waals surface area contributed by atoms with Gasteiger partial charge in [-0.25, -0.2) is 9.97 Å². The van der Waals surface area contributed by atoms with Gasteiger partial charge < -0.3 is 10.6 Å². The molecule has 1 aromatic carbocycles. The van der Waals surface area contributed by atoms with E-state index >= 15 is 0 Å². The number of nitrogens with one attached hydrogen (secondary N) is 2. The quantitative estimate of drug-likeness (QED) is 0.710. The van der Waals surface area contributed by atoms with Gasteiger partial charge in [0.2, 0.25) is 0 Å². The van der Waals surface area contributed by atoms with Crippen LogP contribution in [0.3, 0.4) is 0 Å². The van der Waals surface area contributed by atoms with E-state index in [0.29, 0.717) is 22.4 Å². The normalized spacial score (nSPS) is 10.3. The first-order valence-corrected chi connectivity index (χ1v) is 7.63. The summed E-state index contributed by atoms with van der Waals surface area (Å²) in [5.74, 6) is 1.38. The van der Waals surface area contributed by atoms with Gasteiger partial charge in [0.05, 0.1) is 10.0 Å². The number of pyridine rings is 1. The Morgan fingerprint density at radius 1 is 0.870 bits per heavy atom. The summed E-state index contributed by atoms with van der Waals surface area (Å²) in [6.45, 7) is 0.658. The van der Waals surface area contributed by atoms with E-state index in [9.17, 15) is 0 Å². The number of rotatable bonds is 5. The highest BCUT2D eigenvalue weighted by Crippen LogP contribution is 2.26. The predicted octanol–water partition coefficient (Wildman–Crippen LogP) is 4.53. The van der Waals surface area contributed by atoms with E-state index in [-0.39, 0.29) is 0 Å². The Hall–Kier alpha value is -2.37. The molecule has 2 N–H and O–H groups in total. The lowest BCUT2D eigenvalue weighted by molar-refractivity contribution is 1.07. The lowest BCUT2D eigenvalue weighted by Crippen LogP contribution is -2.03. The molecular formula is C16H13Cl2N5. The molecule has 0 atom stereocenters. The van der Waals surface area contributed by atoms with Crippen LogP contribution in [0.2, 0.25) is 10.0 Å². The fourth-order valence-corrected chi connectivity index (χ4v) is 2.24. The zero-order chi connectivity index (χ0) is 16.1. The van der Waals surface area contributed by atoms with Gasteiger partial charge in [-0.3, -0.25) is 4.98 Å². The highest BCUT2D eigenvalue weighted by molar-refractivity contribution is 6.42. The van der Waals surface area contributed by atoms with Gasteiger partial charge in [0.1, 0.15) is 18.0 Å². The van der Waals surface area contributed by atoms with Gasteiger partial charge in [-0.05, 0) is 35.9 Å². The Bertz CT molecular complexity index is 795. The van der Waals surface area contributed by atoms with Crippen LogP contribution in [0.4, 0.5) is 17.3 Å². The summed E-state index contributed by atoms with van der Waals surface area (Å²) in [5, 5.41) is 7.41. The molecule has 0 unspecified atom stereocenters. The predicted molar refractivity (Wildman–Crippen MR) is 93.3 cm³/mol. The van der Waals surface area contributed by atoms with E-state index < -0.39 is 0 Å². The molecule has 0 aliphatic rings. The molecular weight excluding hydrogens is 333 g/mol. The van der Waals surface area contributed by atoms with Crippen molar-refractivity contribution in [2.45, 2.75) is 6.54 Å². The highest BCUT2D eigenvalue weighted by Gasteiger charge is 2.03. The lowest BCUT2D eigenvalue weighted by atomic mass is 10.3. The van der Waals surface area contributed by atoms with Crippen LogP contribution in [0.1, 0.15) is 5.56 Å². The summed E-state index contributed by atoms with van der Waals surface area (Å²) < 4.78 is 0. The van der Waals surface area contributed by atoms with E-state index in [1.54, 1.807) is 24.5 Å². The molecule has 23 heavy (non-hydrogen) atoms. The average Bonchev–Trinajstić information content (AvgIpc) is 2.58. The third-order valence-corrected chi connectivity index (χ3v) is 3.82. The second kappa shape index (κ2) is 7.26. The monoisotopic (exact) mass is 345 g/mol. The first-order valence-electron chi connectivity index (χ1n) is 6.87. The molecule has 0 bridgehead atoms. The summed E-state index contributed by atoms with van der Waals surface area (Å²) in [6, 6.07) is 11.0. The minimum absolute atomic E-state index is 0.488. The van der Waals surface area contributed by atoms with Crippen LogP contribution in [0.25, 0.3) is 0 Å². The molecule has 2 heterocycles. The third kappa shape index (κ3) is 4.31. The first-order chi connectivity index (χ1) is 11.2. The molecule has 5 nitrogen and oxygen atoms in total. The van der Waals surface area contributed by atoms with Gasteiger partial charge in [0.15, 0.2) is 0 Å². The van der Waals surface area contributed by atoms with Crippen LogP contribution in [0, 0.1) is 0 Å². The molecule has 0 aliphatic heterocycles. The van der Waals surface area contributed by atoms with Crippen molar-refractivity contribution < 1.29 is 0 Å². The van der Waals surface area contributed by atoms with Gasteiger partial charge >= 0.3 is 0 Å². The molecule has 7 heteroatoms. The molecule has 3 aromatic rings. The maximum Gasteiger partial charge on any atom is 0.135 e. The van der Waals surface area contributed by atoms with E-state index in [2.05, 4.69) is 25.6 Å². The van der Waals surface area contributed by atoms with Gasteiger partial charge in [-0.15, -0.1) is 0 Å². The van der Waals surface area contributed by atoms with Crippen molar-refractivity contribution in [3.63, 3.8) is 0 Å². The minimum atomic E-state index is 0.488. The molecule has 2 aromatic heterocycles. The zero-order valence-electron chi connectivity index (χ0n) is 12.0. The Morgan fingerprint density at radius 2 is 1.65 bits per heavy atom. The minimum Gasteiger partial charge on any atom is -0.366 e. The molecule has 0 spiro atoms. The van der Waals surface area contributed by atoms with Gasteiger partial charge in [0, 0.05) is 30.7 Å². The van der Waals surface area contributed by atoms with Crippen molar-refractivity contribution in [2.75, 3.05) is 10.6 Å². The Balaban J connectivity index is 1.68. The number of nitrogens with zero attached hydrogens (tertiary/aromatic N) is 3. The fraction of sp³-hybridized carbons (Fsp3) is 0.0625. The van der Waals surface area contributed by atoms with E-state index in [0.717, 1.165) is 17.1 Å². The number of aromatic nitrogens is 3. The summed E-state index contributed by atoms with van der Waals surface area (Å²) in [6.07, 6.45) is 5.01. The van der Waals surface area contributed by atoms with Crippen LogP contribution in [-0.2, 0) is 6.54 Å². The molecule has 0 fully saturated rings. The number of anilines is 3. The highest BCUT2D eigenvalue weighted by atomic mass is 35.5. The van der Waals surface area contributed by atoms with Crippen LogP contribution in [0.5, 0.6) is 0 Å². The summed E-state index contributed by atoms with van der Waals surface area (Å²) in [4.78, 5) is 12.4. The Labute approximate surface area is 143 Å². The van der Waals surface area contributed by atoms with Crippen molar-refractivity contribution in [2.24, 2.45) is 0 Å². The topological polar surface area (TPSA) is 62.7 Å². The van der Waals surface area contributed by atoms with Crippen molar-refractivity contribution in [3.05, 3.63) is 70.7 Å². The number of hydrogen-bond donors (Lipinski definition) is 2. The first kappa shape index (κ1) is 15.5. The van der Waals surface area contributed by atoms with Gasteiger partial charge in [-0.1, -0.05) is 23.2 Å².